The molecule has 0 aliphatic rings. The molecule has 0 saturated heterocycles. The zero-order chi connectivity index (χ0) is 14.5. The third-order valence-corrected chi connectivity index (χ3v) is 3.47. The number of furan rings is 1. The Morgan fingerprint density at radius 1 is 1.15 bits per heavy atom. The van der Waals surface area contributed by atoms with Crippen LogP contribution in [0.1, 0.15) is 39.2 Å². The first-order valence-corrected chi connectivity index (χ1v) is 6.96. The number of aryl methyl sites for hydroxylation is 4. The Bertz CT molecular complexity index is 599. The lowest BCUT2D eigenvalue weighted by Gasteiger charge is -2.07. The molecule has 0 bridgehead atoms. The van der Waals surface area contributed by atoms with Gasteiger partial charge in [-0.3, -0.25) is 4.79 Å². The monoisotopic (exact) mass is 271 g/mol. The largest absolute Gasteiger partial charge is 0.459 e. The Hall–Kier alpha value is -2.03. The Kier molecular flexibility index (Phi) is 4.61. The van der Waals surface area contributed by atoms with Crippen LogP contribution in [0.5, 0.6) is 0 Å². The molecule has 0 atom stereocenters. The minimum Gasteiger partial charge on any atom is -0.459 e. The Balaban J connectivity index is 1.79. The summed E-state index contributed by atoms with van der Waals surface area (Å²) in [6, 6.07) is 8.29. The van der Waals surface area contributed by atoms with Gasteiger partial charge < -0.3 is 9.73 Å². The molecule has 1 aromatic heterocycles. The first kappa shape index (κ1) is 14.4. The summed E-state index contributed by atoms with van der Waals surface area (Å²) < 4.78 is 5.16. The molecule has 2 aromatic rings. The van der Waals surface area contributed by atoms with E-state index >= 15 is 0 Å². The highest BCUT2D eigenvalue weighted by Gasteiger charge is 2.11. The van der Waals surface area contributed by atoms with Gasteiger partial charge in [-0.1, -0.05) is 23.8 Å². The van der Waals surface area contributed by atoms with Gasteiger partial charge in [0, 0.05) is 12.1 Å². The van der Waals surface area contributed by atoms with E-state index < -0.39 is 0 Å². The van der Waals surface area contributed by atoms with Gasteiger partial charge in [0.15, 0.2) is 5.76 Å². The number of rotatable bonds is 5. The van der Waals surface area contributed by atoms with Crippen LogP contribution in [0, 0.1) is 20.8 Å². The molecule has 3 nitrogen and oxygen atoms in total. The fourth-order valence-electron chi connectivity index (χ4n) is 2.29. The summed E-state index contributed by atoms with van der Waals surface area (Å²) in [5.74, 6) is 0.282. The van der Waals surface area contributed by atoms with Crippen molar-refractivity contribution in [2.24, 2.45) is 0 Å². The van der Waals surface area contributed by atoms with Crippen molar-refractivity contribution in [2.45, 2.75) is 33.6 Å². The van der Waals surface area contributed by atoms with Gasteiger partial charge in [-0.15, -0.1) is 0 Å². The van der Waals surface area contributed by atoms with E-state index in [-0.39, 0.29) is 5.91 Å². The predicted octanol–water partition coefficient (Wildman–Crippen LogP) is 3.57. The van der Waals surface area contributed by atoms with E-state index in [0.29, 0.717) is 12.3 Å². The van der Waals surface area contributed by atoms with Crippen molar-refractivity contribution >= 4 is 5.91 Å². The summed E-state index contributed by atoms with van der Waals surface area (Å²) >= 11 is 0. The number of hydrogen-bond acceptors (Lipinski definition) is 2. The van der Waals surface area contributed by atoms with Gasteiger partial charge in [0.1, 0.15) is 0 Å². The van der Waals surface area contributed by atoms with Gasteiger partial charge in [-0.2, -0.15) is 0 Å². The normalized spacial score (nSPS) is 10.6. The number of carbonyl (C=O) groups is 1. The quantitative estimate of drug-likeness (QED) is 0.845. The van der Waals surface area contributed by atoms with Gasteiger partial charge in [-0.05, 0) is 50.8 Å². The molecule has 0 radical (unpaired) electrons. The van der Waals surface area contributed by atoms with E-state index in [1.165, 1.54) is 16.7 Å². The fraction of sp³-hybridized carbons (Fsp3) is 0.353. The zero-order valence-electron chi connectivity index (χ0n) is 12.3. The molecule has 106 valence electrons. The first-order valence-electron chi connectivity index (χ1n) is 6.96. The van der Waals surface area contributed by atoms with Crippen molar-refractivity contribution in [3.63, 3.8) is 0 Å². The summed E-state index contributed by atoms with van der Waals surface area (Å²) in [5.41, 5.74) is 4.82. The van der Waals surface area contributed by atoms with E-state index in [9.17, 15) is 4.79 Å². The number of nitrogens with one attached hydrogen (secondary N) is 1. The van der Waals surface area contributed by atoms with E-state index in [0.717, 1.165) is 18.4 Å². The average molecular weight is 271 g/mol. The second-order valence-corrected chi connectivity index (χ2v) is 5.22. The Morgan fingerprint density at radius 2 is 1.95 bits per heavy atom. The second-order valence-electron chi connectivity index (χ2n) is 5.22. The number of carbonyl (C=O) groups excluding carboxylic acids is 1. The predicted molar refractivity (Wildman–Crippen MR) is 80.0 cm³/mol. The lowest BCUT2D eigenvalue weighted by molar-refractivity contribution is 0.0924. The van der Waals surface area contributed by atoms with E-state index in [1.807, 2.05) is 6.92 Å². The molecule has 0 unspecified atom stereocenters. The molecule has 0 spiro atoms. The molecule has 0 aliphatic heterocycles. The summed E-state index contributed by atoms with van der Waals surface area (Å²) in [6.07, 6.45) is 3.44. The molecule has 1 N–H and O–H groups in total. The van der Waals surface area contributed by atoms with Crippen molar-refractivity contribution < 1.29 is 9.21 Å². The number of benzene rings is 1. The van der Waals surface area contributed by atoms with E-state index in [4.69, 9.17) is 4.42 Å². The van der Waals surface area contributed by atoms with Gasteiger partial charge in [0.25, 0.3) is 5.91 Å². The molecular weight excluding hydrogens is 250 g/mol. The fourth-order valence-corrected chi connectivity index (χ4v) is 2.29. The maximum Gasteiger partial charge on any atom is 0.287 e. The highest BCUT2D eigenvalue weighted by molar-refractivity contribution is 5.92. The van der Waals surface area contributed by atoms with E-state index in [2.05, 4.69) is 37.4 Å². The molecule has 0 saturated carbocycles. The van der Waals surface area contributed by atoms with Crippen LogP contribution in [-0.2, 0) is 6.42 Å². The summed E-state index contributed by atoms with van der Waals surface area (Å²) in [4.78, 5) is 11.8. The third kappa shape index (κ3) is 3.50. The Morgan fingerprint density at radius 3 is 2.60 bits per heavy atom. The van der Waals surface area contributed by atoms with Gasteiger partial charge in [0.2, 0.25) is 0 Å². The molecule has 1 amide bonds. The standard InChI is InChI=1S/C17H21NO2/c1-12-6-7-15(14(3)11-12)5-4-9-18-17(19)16-13(2)8-10-20-16/h6-8,10-11H,4-5,9H2,1-3H3,(H,18,19). The molecule has 3 heteroatoms. The van der Waals surface area contributed by atoms with Gasteiger partial charge >= 0.3 is 0 Å². The number of amides is 1. The van der Waals surface area contributed by atoms with Crippen molar-refractivity contribution in [1.29, 1.82) is 0 Å². The lowest BCUT2D eigenvalue weighted by Crippen LogP contribution is -2.25. The van der Waals surface area contributed by atoms with Crippen LogP contribution in [0.4, 0.5) is 0 Å². The molecule has 2 rings (SSSR count). The molecule has 1 heterocycles. The van der Waals surface area contributed by atoms with Crippen molar-refractivity contribution in [3.8, 4) is 0 Å². The van der Waals surface area contributed by atoms with Crippen LogP contribution in [0.2, 0.25) is 0 Å². The summed E-state index contributed by atoms with van der Waals surface area (Å²) in [6.45, 7) is 6.76. The molecule has 0 fully saturated rings. The number of hydrogen-bond donors (Lipinski definition) is 1. The molecule has 20 heavy (non-hydrogen) atoms. The highest BCUT2D eigenvalue weighted by atomic mass is 16.3. The SMILES string of the molecule is Cc1ccc(CCCNC(=O)c2occc2C)c(C)c1. The van der Waals surface area contributed by atoms with Crippen LogP contribution < -0.4 is 5.32 Å². The van der Waals surface area contributed by atoms with Crippen molar-refractivity contribution in [1.82, 2.24) is 5.32 Å². The van der Waals surface area contributed by atoms with Crippen LogP contribution in [0.3, 0.4) is 0 Å². The minimum absolute atomic E-state index is 0.131. The zero-order valence-corrected chi connectivity index (χ0v) is 12.3. The lowest BCUT2D eigenvalue weighted by atomic mass is 10.0. The van der Waals surface area contributed by atoms with Crippen LogP contribution in [0.25, 0.3) is 0 Å². The average Bonchev–Trinajstić information content (AvgIpc) is 2.83. The first-order chi connectivity index (χ1) is 9.58. The van der Waals surface area contributed by atoms with Crippen LogP contribution >= 0.6 is 0 Å². The smallest absolute Gasteiger partial charge is 0.287 e. The molecule has 1 aromatic carbocycles. The highest BCUT2D eigenvalue weighted by Crippen LogP contribution is 2.12. The van der Waals surface area contributed by atoms with Crippen molar-refractivity contribution in [2.75, 3.05) is 6.54 Å². The van der Waals surface area contributed by atoms with Crippen LogP contribution in [-0.4, -0.2) is 12.5 Å². The third-order valence-electron chi connectivity index (χ3n) is 3.47. The van der Waals surface area contributed by atoms with Gasteiger partial charge in [-0.25, -0.2) is 0 Å². The minimum atomic E-state index is -0.131. The topological polar surface area (TPSA) is 42.2 Å². The molecule has 0 aliphatic carbocycles. The summed E-state index contributed by atoms with van der Waals surface area (Å²) in [7, 11) is 0. The summed E-state index contributed by atoms with van der Waals surface area (Å²) in [5, 5.41) is 2.89. The van der Waals surface area contributed by atoms with Crippen molar-refractivity contribution in [3.05, 3.63) is 58.5 Å². The van der Waals surface area contributed by atoms with E-state index in [1.54, 1.807) is 12.3 Å². The maximum absolute atomic E-state index is 11.8. The Labute approximate surface area is 120 Å². The van der Waals surface area contributed by atoms with Gasteiger partial charge in [0.05, 0.1) is 6.26 Å². The molecular formula is C17H21NO2. The second kappa shape index (κ2) is 6.42. The maximum atomic E-state index is 11.8. The van der Waals surface area contributed by atoms with Crippen LogP contribution in [0.15, 0.2) is 34.9 Å².